The number of hydrogen-bond donors (Lipinski definition) is 2. The Labute approximate surface area is 207 Å². The molecule has 3 atom stereocenters. The molecule has 0 heterocycles. The molecule has 4 aromatic rings. The summed E-state index contributed by atoms with van der Waals surface area (Å²) < 4.78 is 33.3. The first-order valence-corrected chi connectivity index (χ1v) is 13.2. The van der Waals surface area contributed by atoms with Gasteiger partial charge in [0, 0.05) is 5.92 Å². The molecule has 0 fully saturated rings. The van der Waals surface area contributed by atoms with E-state index >= 15 is 0 Å². The summed E-state index contributed by atoms with van der Waals surface area (Å²) in [5.74, 6) is -0.372. The average molecular weight is 487 g/mol. The van der Waals surface area contributed by atoms with Crippen LogP contribution in [-0.4, -0.2) is 18.1 Å². The summed E-state index contributed by atoms with van der Waals surface area (Å²) in [7, 11) is -4.54. The molecule has 2 N–H and O–H groups in total. The van der Waals surface area contributed by atoms with Crippen LogP contribution in [0.3, 0.4) is 0 Å². The zero-order chi connectivity index (χ0) is 25.0. The van der Waals surface area contributed by atoms with Gasteiger partial charge in [0.2, 0.25) is 0 Å². The number of hydrogen-bond acceptors (Lipinski definition) is 3. The van der Waals surface area contributed by atoms with Crippen molar-refractivity contribution in [3.8, 4) is 5.75 Å². The van der Waals surface area contributed by atoms with E-state index in [2.05, 4.69) is 50.2 Å². The molecule has 0 aromatic heterocycles. The molecule has 0 radical (unpaired) electrons. The maximum Gasteiger partial charge on any atom is 0.298 e. The van der Waals surface area contributed by atoms with Crippen LogP contribution in [0.15, 0.2) is 108 Å². The first-order valence-electron chi connectivity index (χ1n) is 11.7. The lowest BCUT2D eigenvalue weighted by Gasteiger charge is -2.27. The maximum atomic E-state index is 11.8. The van der Waals surface area contributed by atoms with Gasteiger partial charge in [0.25, 0.3) is 10.1 Å². The van der Waals surface area contributed by atoms with Crippen LogP contribution in [0.4, 0.5) is 0 Å². The Hall–Kier alpha value is -3.41. The van der Waals surface area contributed by atoms with Crippen molar-refractivity contribution in [2.75, 3.05) is 0 Å². The first kappa shape index (κ1) is 24.7. The van der Waals surface area contributed by atoms with E-state index in [1.165, 1.54) is 17.2 Å². The van der Waals surface area contributed by atoms with Gasteiger partial charge < -0.3 is 5.11 Å². The van der Waals surface area contributed by atoms with E-state index in [1.54, 1.807) is 12.1 Å². The van der Waals surface area contributed by atoms with Gasteiger partial charge in [-0.3, -0.25) is 4.55 Å². The highest BCUT2D eigenvalue weighted by atomic mass is 32.2. The molecule has 0 amide bonds. The molecule has 0 aliphatic carbocycles. The van der Waals surface area contributed by atoms with E-state index in [1.807, 2.05) is 48.5 Å². The maximum absolute atomic E-state index is 11.8. The molecular weight excluding hydrogens is 456 g/mol. The number of aromatic hydroxyl groups is 1. The van der Waals surface area contributed by atoms with E-state index in [9.17, 15) is 18.1 Å². The third kappa shape index (κ3) is 5.64. The summed E-state index contributed by atoms with van der Waals surface area (Å²) >= 11 is 0. The normalized spacial score (nSPS) is 14.3. The lowest BCUT2D eigenvalue weighted by molar-refractivity contribution is 0.426. The Morgan fingerprint density at radius 2 is 1.23 bits per heavy atom. The van der Waals surface area contributed by atoms with Crippen molar-refractivity contribution in [3.05, 3.63) is 131 Å². The lowest BCUT2D eigenvalue weighted by Crippen LogP contribution is -2.13. The van der Waals surface area contributed by atoms with Crippen molar-refractivity contribution in [3.63, 3.8) is 0 Å². The van der Waals surface area contributed by atoms with Crippen molar-refractivity contribution < 1.29 is 18.1 Å². The van der Waals surface area contributed by atoms with Crippen molar-refractivity contribution >= 4 is 10.1 Å². The number of phenols is 1. The number of phenolic OH excluding ortho intramolecular Hbond substituents is 1. The predicted octanol–water partition coefficient (Wildman–Crippen LogP) is 6.92. The topological polar surface area (TPSA) is 74.6 Å². The first-order chi connectivity index (χ1) is 16.8. The molecule has 0 spiro atoms. The summed E-state index contributed by atoms with van der Waals surface area (Å²) in [6.45, 7) is 4.27. The Morgan fingerprint density at radius 1 is 0.686 bits per heavy atom. The fourth-order valence-corrected chi connectivity index (χ4v) is 5.34. The molecule has 0 saturated carbocycles. The van der Waals surface area contributed by atoms with Gasteiger partial charge in [0.1, 0.15) is 10.6 Å². The highest BCUT2D eigenvalue weighted by molar-refractivity contribution is 7.86. The van der Waals surface area contributed by atoms with E-state index in [-0.39, 0.29) is 17.8 Å². The number of para-hydroxylation sites is 1. The van der Waals surface area contributed by atoms with Crippen molar-refractivity contribution in [2.45, 2.75) is 42.9 Å². The second-order valence-corrected chi connectivity index (χ2v) is 10.4. The fourth-order valence-electron chi connectivity index (χ4n) is 4.73. The van der Waals surface area contributed by atoms with Gasteiger partial charge in [-0.1, -0.05) is 111 Å². The van der Waals surface area contributed by atoms with E-state index in [0.29, 0.717) is 12.0 Å². The molecule has 180 valence electrons. The second-order valence-electron chi connectivity index (χ2n) is 9.05. The van der Waals surface area contributed by atoms with Gasteiger partial charge in [-0.15, -0.1) is 0 Å². The van der Waals surface area contributed by atoms with Crippen LogP contribution in [-0.2, 0) is 16.5 Å². The molecule has 4 aromatic carbocycles. The number of benzene rings is 4. The smallest absolute Gasteiger partial charge is 0.298 e. The molecule has 5 heteroatoms. The van der Waals surface area contributed by atoms with Gasteiger partial charge in [0.05, 0.1) is 0 Å². The van der Waals surface area contributed by atoms with Crippen LogP contribution < -0.4 is 0 Å². The van der Waals surface area contributed by atoms with Crippen LogP contribution in [0.5, 0.6) is 5.75 Å². The van der Waals surface area contributed by atoms with Gasteiger partial charge in [0.15, 0.2) is 0 Å². The molecule has 35 heavy (non-hydrogen) atoms. The molecule has 0 saturated heterocycles. The zero-order valence-corrected chi connectivity index (χ0v) is 20.7. The average Bonchev–Trinajstić information content (AvgIpc) is 2.87. The van der Waals surface area contributed by atoms with Crippen molar-refractivity contribution in [1.82, 2.24) is 0 Å². The summed E-state index contributed by atoms with van der Waals surface area (Å²) in [6, 6.07) is 33.3. The predicted molar refractivity (Wildman–Crippen MR) is 140 cm³/mol. The van der Waals surface area contributed by atoms with Gasteiger partial charge in [-0.05, 0) is 52.1 Å². The van der Waals surface area contributed by atoms with Crippen LogP contribution in [0.25, 0.3) is 0 Å². The number of rotatable bonds is 8. The molecule has 0 aliphatic rings. The Bertz CT molecular complexity index is 1370. The minimum Gasteiger partial charge on any atom is -0.506 e. The Morgan fingerprint density at radius 3 is 1.83 bits per heavy atom. The third-order valence-electron chi connectivity index (χ3n) is 6.87. The van der Waals surface area contributed by atoms with Gasteiger partial charge in [-0.25, -0.2) is 0 Å². The van der Waals surface area contributed by atoms with Crippen LogP contribution in [0, 0.1) is 0 Å². The van der Waals surface area contributed by atoms with Gasteiger partial charge >= 0.3 is 0 Å². The molecule has 0 bridgehead atoms. The molecule has 0 aliphatic heterocycles. The largest absolute Gasteiger partial charge is 0.506 e. The minimum absolute atomic E-state index is 0.0289. The van der Waals surface area contributed by atoms with E-state index in [0.717, 1.165) is 11.1 Å². The SMILES string of the molecule is CC(c1ccccc1)c1ccc(C(C)C(Cc2ccccc2)c2cccc(S(=O)(=O)O)c2O)cc1. The summed E-state index contributed by atoms with van der Waals surface area (Å²) in [5.41, 5.74) is 5.13. The van der Waals surface area contributed by atoms with Crippen molar-refractivity contribution in [2.24, 2.45) is 0 Å². The van der Waals surface area contributed by atoms with Crippen molar-refractivity contribution in [1.29, 1.82) is 0 Å². The Balaban J connectivity index is 1.70. The Kier molecular flexibility index (Phi) is 7.39. The fraction of sp³-hybridized carbons (Fsp3) is 0.200. The summed E-state index contributed by atoms with van der Waals surface area (Å²) in [6.07, 6.45) is 0.604. The summed E-state index contributed by atoms with van der Waals surface area (Å²) in [4.78, 5) is -0.465. The molecular formula is C30H30O4S. The molecule has 4 rings (SSSR count). The van der Waals surface area contributed by atoms with Gasteiger partial charge in [-0.2, -0.15) is 8.42 Å². The monoisotopic (exact) mass is 486 g/mol. The standard InChI is InChI=1S/C30H30O4S/c1-21(24-12-7-4-8-13-24)25-16-18-26(19-17-25)22(2)28(20-23-10-5-3-6-11-23)27-14-9-15-29(30(27)31)35(32,33)34/h3-19,21-22,28,31H,20H2,1-2H3,(H,32,33,34). The van der Waals surface area contributed by atoms with Crippen LogP contribution >= 0.6 is 0 Å². The molecule has 3 unspecified atom stereocenters. The lowest BCUT2D eigenvalue weighted by atomic mass is 9.78. The highest BCUT2D eigenvalue weighted by Crippen LogP contribution is 2.42. The quantitative estimate of drug-likeness (QED) is 0.265. The second kappa shape index (κ2) is 10.5. The van der Waals surface area contributed by atoms with E-state index < -0.39 is 20.8 Å². The van der Waals surface area contributed by atoms with Crippen LogP contribution in [0.2, 0.25) is 0 Å². The highest BCUT2D eigenvalue weighted by Gasteiger charge is 2.27. The zero-order valence-electron chi connectivity index (χ0n) is 19.9. The van der Waals surface area contributed by atoms with Crippen LogP contribution in [0.1, 0.15) is 59.4 Å². The van der Waals surface area contributed by atoms with E-state index in [4.69, 9.17) is 0 Å². The summed E-state index contributed by atoms with van der Waals surface area (Å²) in [5, 5.41) is 10.9. The molecule has 4 nitrogen and oxygen atoms in total. The third-order valence-corrected chi connectivity index (χ3v) is 7.76. The minimum atomic E-state index is -4.54.